The normalized spacial score (nSPS) is 11.6. The Morgan fingerprint density at radius 3 is 2.71 bits per heavy atom. The Labute approximate surface area is 116 Å². The van der Waals surface area contributed by atoms with Crippen LogP contribution in [0, 0.1) is 18.3 Å². The van der Waals surface area contributed by atoms with Crippen molar-refractivity contribution in [1.29, 1.82) is 5.26 Å². The maximum absolute atomic E-state index is 11.9. The summed E-state index contributed by atoms with van der Waals surface area (Å²) >= 11 is 0. The number of nitriles is 1. The van der Waals surface area contributed by atoms with Crippen LogP contribution in [0.5, 0.6) is 0 Å². The van der Waals surface area contributed by atoms with Crippen LogP contribution < -0.4 is 0 Å². The van der Waals surface area contributed by atoms with E-state index in [1.807, 2.05) is 6.07 Å². The van der Waals surface area contributed by atoms with E-state index >= 15 is 0 Å². The van der Waals surface area contributed by atoms with Gasteiger partial charge in [-0.15, -0.1) is 0 Å². The SMILES string of the molecule is Cc1onc(Cc2nc(COCC(F)(F)F)no2)c1C#N. The standard InChI is InChI=1S/C11H9F3N4O3/c1-6-7(3-15)8(17-20-6)2-10-16-9(18-21-10)4-19-5-11(12,13)14/h2,4-5H2,1H3. The average molecular weight is 302 g/mol. The van der Waals surface area contributed by atoms with E-state index in [1.54, 1.807) is 6.92 Å². The highest BCUT2D eigenvalue weighted by molar-refractivity contribution is 5.36. The predicted octanol–water partition coefficient (Wildman–Crippen LogP) is 1.91. The average Bonchev–Trinajstić information content (AvgIpc) is 2.96. The van der Waals surface area contributed by atoms with Crippen LogP contribution >= 0.6 is 0 Å². The molecule has 0 aliphatic rings. The van der Waals surface area contributed by atoms with Gasteiger partial charge < -0.3 is 13.8 Å². The van der Waals surface area contributed by atoms with Crippen molar-refractivity contribution in [2.24, 2.45) is 0 Å². The van der Waals surface area contributed by atoms with Gasteiger partial charge in [0, 0.05) is 0 Å². The molecule has 2 aromatic heterocycles. The Kier molecular flexibility index (Phi) is 4.23. The first-order valence-corrected chi connectivity index (χ1v) is 5.70. The van der Waals surface area contributed by atoms with E-state index in [4.69, 9.17) is 14.3 Å². The van der Waals surface area contributed by atoms with Crippen LogP contribution in [-0.2, 0) is 17.8 Å². The lowest BCUT2D eigenvalue weighted by Crippen LogP contribution is -2.16. The van der Waals surface area contributed by atoms with Gasteiger partial charge >= 0.3 is 6.18 Å². The Balaban J connectivity index is 1.96. The van der Waals surface area contributed by atoms with Crippen molar-refractivity contribution >= 4 is 0 Å². The molecule has 10 heteroatoms. The first kappa shape index (κ1) is 15.0. The van der Waals surface area contributed by atoms with Crippen molar-refractivity contribution in [1.82, 2.24) is 15.3 Å². The molecular weight excluding hydrogens is 293 g/mol. The zero-order valence-corrected chi connectivity index (χ0v) is 10.8. The number of hydrogen-bond acceptors (Lipinski definition) is 7. The third kappa shape index (κ3) is 4.03. The molecule has 0 aliphatic heterocycles. The van der Waals surface area contributed by atoms with E-state index in [-0.39, 0.29) is 23.7 Å². The highest BCUT2D eigenvalue weighted by Gasteiger charge is 2.27. The van der Waals surface area contributed by atoms with Crippen LogP contribution in [0.25, 0.3) is 0 Å². The van der Waals surface area contributed by atoms with Crippen LogP contribution in [0.3, 0.4) is 0 Å². The van der Waals surface area contributed by atoms with Crippen molar-refractivity contribution in [2.45, 2.75) is 26.1 Å². The van der Waals surface area contributed by atoms with Crippen LogP contribution in [-0.4, -0.2) is 28.1 Å². The molecule has 0 radical (unpaired) electrons. The molecule has 0 saturated heterocycles. The lowest BCUT2D eigenvalue weighted by atomic mass is 10.2. The summed E-state index contributed by atoms with van der Waals surface area (Å²) in [4.78, 5) is 3.85. The van der Waals surface area contributed by atoms with Gasteiger partial charge in [-0.3, -0.25) is 0 Å². The van der Waals surface area contributed by atoms with E-state index < -0.39 is 19.4 Å². The van der Waals surface area contributed by atoms with Crippen LogP contribution in [0.4, 0.5) is 13.2 Å². The second-order valence-corrected chi connectivity index (χ2v) is 4.06. The number of ether oxygens (including phenoxy) is 1. The smallest absolute Gasteiger partial charge is 0.364 e. The number of hydrogen-bond donors (Lipinski definition) is 0. The lowest BCUT2D eigenvalue weighted by Gasteiger charge is -2.04. The number of aryl methyl sites for hydroxylation is 1. The molecule has 0 bridgehead atoms. The molecule has 0 amide bonds. The number of aromatic nitrogens is 3. The molecule has 2 aromatic rings. The highest BCUT2D eigenvalue weighted by Crippen LogP contribution is 2.17. The van der Waals surface area contributed by atoms with Gasteiger partial charge in [0.2, 0.25) is 5.89 Å². The van der Waals surface area contributed by atoms with E-state index in [1.165, 1.54) is 0 Å². The Morgan fingerprint density at radius 1 is 1.29 bits per heavy atom. The van der Waals surface area contributed by atoms with Gasteiger partial charge in [-0.1, -0.05) is 10.3 Å². The van der Waals surface area contributed by atoms with Gasteiger partial charge in [-0.05, 0) is 6.92 Å². The summed E-state index contributed by atoms with van der Waals surface area (Å²) in [5, 5.41) is 16.1. The van der Waals surface area contributed by atoms with Gasteiger partial charge in [-0.2, -0.15) is 23.4 Å². The molecule has 7 nitrogen and oxygen atoms in total. The van der Waals surface area contributed by atoms with Crippen LogP contribution in [0.2, 0.25) is 0 Å². The topological polar surface area (TPSA) is 98.0 Å². The Bertz CT molecular complexity index is 656. The van der Waals surface area contributed by atoms with Crippen molar-refractivity contribution in [3.8, 4) is 6.07 Å². The van der Waals surface area contributed by atoms with E-state index in [0.717, 1.165) is 0 Å². The number of rotatable bonds is 5. The fourth-order valence-electron chi connectivity index (χ4n) is 1.50. The molecule has 112 valence electrons. The van der Waals surface area contributed by atoms with Gasteiger partial charge in [0.05, 0.1) is 6.42 Å². The number of nitrogens with zero attached hydrogens (tertiary/aromatic N) is 4. The molecule has 0 aliphatic carbocycles. The summed E-state index contributed by atoms with van der Waals surface area (Å²) in [5.74, 6) is 0.444. The Morgan fingerprint density at radius 2 is 2.05 bits per heavy atom. The molecule has 0 N–H and O–H groups in total. The van der Waals surface area contributed by atoms with E-state index in [9.17, 15) is 13.2 Å². The third-order valence-corrected chi connectivity index (χ3v) is 2.37. The summed E-state index contributed by atoms with van der Waals surface area (Å²) in [6.07, 6.45) is -4.36. The minimum Gasteiger partial charge on any atom is -0.364 e. The monoisotopic (exact) mass is 302 g/mol. The quantitative estimate of drug-likeness (QED) is 0.831. The molecule has 2 rings (SSSR count). The minimum atomic E-state index is -4.41. The third-order valence-electron chi connectivity index (χ3n) is 2.37. The summed E-state index contributed by atoms with van der Waals surface area (Å²) in [7, 11) is 0. The first-order chi connectivity index (χ1) is 9.89. The molecule has 0 unspecified atom stereocenters. The summed E-state index contributed by atoms with van der Waals surface area (Å²) in [6, 6.07) is 1.93. The largest absolute Gasteiger partial charge is 0.411 e. The zero-order valence-electron chi connectivity index (χ0n) is 10.8. The number of halogens is 3. The van der Waals surface area contributed by atoms with Gasteiger partial charge in [0.1, 0.15) is 30.5 Å². The molecule has 21 heavy (non-hydrogen) atoms. The van der Waals surface area contributed by atoms with Crippen LogP contribution in [0.15, 0.2) is 9.05 Å². The molecule has 0 atom stereocenters. The van der Waals surface area contributed by atoms with Crippen molar-refractivity contribution in [2.75, 3.05) is 6.61 Å². The summed E-state index contributed by atoms with van der Waals surface area (Å²) in [6.45, 7) is -0.233. The first-order valence-electron chi connectivity index (χ1n) is 5.70. The predicted molar refractivity (Wildman–Crippen MR) is 58.8 cm³/mol. The minimum absolute atomic E-state index is 0.0204. The van der Waals surface area contributed by atoms with Gasteiger partial charge in [0.25, 0.3) is 0 Å². The molecule has 0 saturated carbocycles. The molecule has 0 fully saturated rings. The van der Waals surface area contributed by atoms with Crippen molar-refractivity contribution < 1.29 is 27.0 Å². The zero-order chi connectivity index (χ0) is 15.5. The highest BCUT2D eigenvalue weighted by atomic mass is 19.4. The molecule has 0 aromatic carbocycles. The second-order valence-electron chi connectivity index (χ2n) is 4.06. The molecule has 0 spiro atoms. The lowest BCUT2D eigenvalue weighted by molar-refractivity contribution is -0.177. The Hall–Kier alpha value is -2.41. The van der Waals surface area contributed by atoms with Crippen molar-refractivity contribution in [3.63, 3.8) is 0 Å². The summed E-state index contributed by atoms with van der Waals surface area (Å²) in [5.41, 5.74) is 0.587. The van der Waals surface area contributed by atoms with Crippen LogP contribution in [0.1, 0.15) is 28.7 Å². The summed E-state index contributed by atoms with van der Waals surface area (Å²) < 4.78 is 49.8. The second kappa shape index (κ2) is 5.92. The maximum atomic E-state index is 11.9. The number of alkyl halides is 3. The van der Waals surface area contributed by atoms with Gasteiger partial charge in [0.15, 0.2) is 11.6 Å². The fraction of sp³-hybridized carbons (Fsp3) is 0.455. The maximum Gasteiger partial charge on any atom is 0.411 e. The molecule has 2 heterocycles. The van der Waals surface area contributed by atoms with E-state index in [2.05, 4.69) is 20.0 Å². The molecular formula is C11H9F3N4O3. The van der Waals surface area contributed by atoms with Gasteiger partial charge in [-0.25, -0.2) is 0 Å². The van der Waals surface area contributed by atoms with Crippen molar-refractivity contribution in [3.05, 3.63) is 28.7 Å². The fourth-order valence-corrected chi connectivity index (χ4v) is 1.50. The van der Waals surface area contributed by atoms with E-state index in [0.29, 0.717) is 11.5 Å².